The van der Waals surface area contributed by atoms with Crippen molar-refractivity contribution in [3.63, 3.8) is 0 Å². The van der Waals surface area contributed by atoms with E-state index in [4.69, 9.17) is 5.73 Å². The molecule has 2 heterocycles. The Bertz CT molecular complexity index is 987. The van der Waals surface area contributed by atoms with Gasteiger partial charge < -0.3 is 15.8 Å². The average Bonchev–Trinajstić information content (AvgIpc) is 2.67. The first-order valence-corrected chi connectivity index (χ1v) is 9.41. The first-order chi connectivity index (χ1) is 14.1. The second kappa shape index (κ2) is 8.56. The largest absolute Gasteiger partial charge is 0.417 e. The molecule has 1 amide bonds. The van der Waals surface area contributed by atoms with E-state index >= 15 is 0 Å². The molecule has 158 valence electrons. The third-order valence-electron chi connectivity index (χ3n) is 4.67. The van der Waals surface area contributed by atoms with E-state index in [1.165, 1.54) is 0 Å². The van der Waals surface area contributed by atoms with Crippen LogP contribution in [0.5, 0.6) is 0 Å². The molecule has 3 rings (SSSR count). The Morgan fingerprint density at radius 2 is 2.03 bits per heavy atom. The predicted octanol–water partition coefficient (Wildman–Crippen LogP) is 3.99. The van der Waals surface area contributed by atoms with E-state index in [1.54, 1.807) is 36.4 Å². The van der Waals surface area contributed by atoms with Crippen molar-refractivity contribution in [2.75, 3.05) is 5.32 Å². The van der Waals surface area contributed by atoms with Crippen LogP contribution < -0.4 is 11.1 Å². The van der Waals surface area contributed by atoms with E-state index in [2.05, 4.69) is 25.2 Å². The number of hydrogen-bond donors (Lipinski definition) is 2. The molecule has 0 aliphatic carbocycles. The molecule has 9 heteroatoms. The fraction of sp³-hybridized carbons (Fsp3) is 0.333. The Morgan fingerprint density at radius 1 is 1.27 bits per heavy atom. The number of primary amides is 1. The van der Waals surface area contributed by atoms with E-state index < -0.39 is 18.1 Å². The van der Waals surface area contributed by atoms with Crippen LogP contribution in [-0.4, -0.2) is 34.0 Å². The highest BCUT2D eigenvalue weighted by Gasteiger charge is 2.30. The highest BCUT2D eigenvalue weighted by atomic mass is 19.3. The molecule has 0 fully saturated rings. The van der Waals surface area contributed by atoms with Gasteiger partial charge in [0, 0.05) is 16.8 Å². The zero-order chi connectivity index (χ0) is 21.9. The lowest BCUT2D eigenvalue weighted by molar-refractivity contribution is -0.0973. The number of allylic oxidation sites excluding steroid dienone is 1. The molecule has 1 aliphatic rings. The van der Waals surface area contributed by atoms with Crippen LogP contribution in [-0.2, 0) is 4.74 Å². The lowest BCUT2D eigenvalue weighted by Gasteiger charge is -2.31. The minimum Gasteiger partial charge on any atom is -0.417 e. The number of alkyl halides is 2. The summed E-state index contributed by atoms with van der Waals surface area (Å²) in [6, 6.07) is 10.3. The quantitative estimate of drug-likeness (QED) is 0.712. The van der Waals surface area contributed by atoms with E-state index in [9.17, 15) is 13.6 Å². The number of carbonyl (C=O) groups is 1. The van der Waals surface area contributed by atoms with Gasteiger partial charge in [-0.25, -0.2) is 4.99 Å². The third kappa shape index (κ3) is 5.16. The number of hydrogen-bond acceptors (Lipinski definition) is 6. The Balaban J connectivity index is 1.77. The molecule has 1 aromatic carbocycles. The van der Waals surface area contributed by atoms with Gasteiger partial charge in [0.15, 0.2) is 0 Å². The minimum atomic E-state index is -2.92. The summed E-state index contributed by atoms with van der Waals surface area (Å²) < 4.78 is 29.6. The zero-order valence-corrected chi connectivity index (χ0v) is 16.9. The molecule has 30 heavy (non-hydrogen) atoms. The standard InChI is InChI=1S/C21H23F2N5O2/c1-12-9-16(25-18(10-12)30-20(22)23)21(2,3)26-17-8-7-15(27-28-17)13-5-4-6-14(11-13)19(24)29/h4-8,10-12,20H,9H2,1-3H3,(H2,24,29)(H,26,28). The molecule has 1 aromatic heterocycles. The van der Waals surface area contributed by atoms with Gasteiger partial charge in [-0.05, 0) is 56.5 Å². The fourth-order valence-electron chi connectivity index (χ4n) is 3.15. The summed E-state index contributed by atoms with van der Waals surface area (Å²) in [4.78, 5) is 15.6. The second-order valence-corrected chi connectivity index (χ2v) is 7.62. The summed E-state index contributed by atoms with van der Waals surface area (Å²) >= 11 is 0. The number of nitrogens with one attached hydrogen (secondary N) is 1. The highest BCUT2D eigenvalue weighted by molar-refractivity contribution is 5.96. The van der Waals surface area contributed by atoms with Crippen molar-refractivity contribution in [2.45, 2.75) is 39.3 Å². The second-order valence-electron chi connectivity index (χ2n) is 7.62. The normalized spacial score (nSPS) is 16.7. The third-order valence-corrected chi connectivity index (χ3v) is 4.67. The van der Waals surface area contributed by atoms with Crippen LogP contribution >= 0.6 is 0 Å². The van der Waals surface area contributed by atoms with Crippen LogP contribution in [0.2, 0.25) is 0 Å². The van der Waals surface area contributed by atoms with Crippen molar-refractivity contribution >= 4 is 17.4 Å². The van der Waals surface area contributed by atoms with Crippen LogP contribution in [0.1, 0.15) is 37.6 Å². The molecule has 2 aromatic rings. The molecule has 1 aliphatic heterocycles. The van der Waals surface area contributed by atoms with Gasteiger partial charge >= 0.3 is 6.61 Å². The Morgan fingerprint density at radius 3 is 2.67 bits per heavy atom. The first-order valence-electron chi connectivity index (χ1n) is 9.41. The van der Waals surface area contributed by atoms with E-state index in [0.29, 0.717) is 34.8 Å². The van der Waals surface area contributed by atoms with Crippen molar-refractivity contribution in [3.05, 3.63) is 53.9 Å². The highest BCUT2D eigenvalue weighted by Crippen LogP contribution is 2.27. The molecule has 0 saturated carbocycles. The number of benzene rings is 1. The van der Waals surface area contributed by atoms with Gasteiger partial charge in [0.2, 0.25) is 11.8 Å². The summed E-state index contributed by atoms with van der Waals surface area (Å²) in [6.45, 7) is 2.76. The van der Waals surface area contributed by atoms with Gasteiger partial charge in [0.05, 0.1) is 11.2 Å². The molecule has 7 nitrogen and oxygen atoms in total. The van der Waals surface area contributed by atoms with Crippen LogP contribution in [0.4, 0.5) is 14.6 Å². The summed E-state index contributed by atoms with van der Waals surface area (Å²) in [6.07, 6.45) is 2.18. The van der Waals surface area contributed by atoms with Gasteiger partial charge in [0.25, 0.3) is 0 Å². The number of rotatable bonds is 7. The Kier molecular flexibility index (Phi) is 6.09. The number of halogens is 2. The summed E-state index contributed by atoms with van der Waals surface area (Å²) in [5.74, 6) is -0.0877. The monoisotopic (exact) mass is 415 g/mol. The van der Waals surface area contributed by atoms with E-state index in [-0.39, 0.29) is 11.8 Å². The van der Waals surface area contributed by atoms with Crippen molar-refractivity contribution in [1.29, 1.82) is 0 Å². The molecular weight excluding hydrogens is 392 g/mol. The zero-order valence-electron chi connectivity index (χ0n) is 16.9. The number of amides is 1. The smallest absolute Gasteiger partial charge is 0.388 e. The molecule has 1 atom stereocenters. The Hall–Kier alpha value is -3.36. The maximum absolute atomic E-state index is 12.6. The van der Waals surface area contributed by atoms with Gasteiger partial charge in [-0.2, -0.15) is 8.78 Å². The van der Waals surface area contributed by atoms with E-state index in [0.717, 1.165) is 0 Å². The van der Waals surface area contributed by atoms with Crippen molar-refractivity contribution in [3.8, 4) is 11.3 Å². The number of aliphatic imine (C=N–C) groups is 1. The van der Waals surface area contributed by atoms with Gasteiger partial charge in [0.1, 0.15) is 5.82 Å². The number of carbonyl (C=O) groups excluding carboxylic acids is 1. The number of anilines is 1. The summed E-state index contributed by atoms with van der Waals surface area (Å²) in [7, 11) is 0. The first kappa shape index (κ1) is 21.4. The SMILES string of the molecule is CC1C=C(OC(F)F)N=C(C(C)(C)Nc2ccc(-c3cccc(C(N)=O)c3)nn2)C1. The average molecular weight is 415 g/mol. The molecular formula is C21H23F2N5O2. The fourth-order valence-corrected chi connectivity index (χ4v) is 3.15. The maximum Gasteiger partial charge on any atom is 0.388 e. The minimum absolute atomic E-state index is 0.0123. The van der Waals surface area contributed by atoms with Crippen LogP contribution in [0.15, 0.2) is 53.3 Å². The lowest BCUT2D eigenvalue weighted by atomic mass is 9.89. The predicted molar refractivity (Wildman–Crippen MR) is 110 cm³/mol. The molecule has 0 radical (unpaired) electrons. The molecule has 1 unspecified atom stereocenters. The molecule has 0 saturated heterocycles. The molecule has 0 spiro atoms. The van der Waals surface area contributed by atoms with Crippen molar-refractivity contribution < 1.29 is 18.3 Å². The van der Waals surface area contributed by atoms with Crippen molar-refractivity contribution in [2.24, 2.45) is 16.6 Å². The number of aromatic nitrogens is 2. The van der Waals surface area contributed by atoms with Crippen LogP contribution in [0.25, 0.3) is 11.3 Å². The van der Waals surface area contributed by atoms with Gasteiger partial charge in [-0.1, -0.05) is 19.1 Å². The number of nitrogens with zero attached hydrogens (tertiary/aromatic N) is 3. The number of ether oxygens (including phenoxy) is 1. The van der Waals surface area contributed by atoms with E-state index in [1.807, 2.05) is 26.8 Å². The molecule has 0 bridgehead atoms. The summed E-state index contributed by atoms with van der Waals surface area (Å²) in [5.41, 5.74) is 7.02. The van der Waals surface area contributed by atoms with Gasteiger partial charge in [-0.3, -0.25) is 4.79 Å². The topological polar surface area (TPSA) is 102 Å². The van der Waals surface area contributed by atoms with Gasteiger partial charge in [-0.15, -0.1) is 10.2 Å². The Labute approximate surface area is 173 Å². The lowest BCUT2D eigenvalue weighted by Crippen LogP contribution is -2.42. The number of nitrogens with two attached hydrogens (primary N) is 1. The van der Waals surface area contributed by atoms with Crippen LogP contribution in [0.3, 0.4) is 0 Å². The molecule has 3 N–H and O–H groups in total. The van der Waals surface area contributed by atoms with Crippen molar-refractivity contribution in [1.82, 2.24) is 10.2 Å². The summed E-state index contributed by atoms with van der Waals surface area (Å²) in [5, 5.41) is 11.6. The maximum atomic E-state index is 12.6. The van der Waals surface area contributed by atoms with Crippen LogP contribution in [0, 0.1) is 5.92 Å².